The number of rotatable bonds is 10. The number of carbonyl (C=O) groups is 1. The number of hydrogen-bond acceptors (Lipinski definition) is 4. The second-order valence-electron chi connectivity index (χ2n) is 6.02. The predicted molar refractivity (Wildman–Crippen MR) is 87.5 cm³/mol. The van der Waals surface area contributed by atoms with Crippen molar-refractivity contribution in [2.45, 2.75) is 77.8 Å². The maximum Gasteiger partial charge on any atom is 0.323 e. The van der Waals surface area contributed by atoms with Gasteiger partial charge in [0.05, 0.1) is 6.61 Å². The Kier molecular flexibility index (Phi) is 9.68. The fourth-order valence-corrected chi connectivity index (χ4v) is 3.17. The van der Waals surface area contributed by atoms with Crippen LogP contribution in [0.1, 0.15) is 65.7 Å². The van der Waals surface area contributed by atoms with Gasteiger partial charge in [-0.15, -0.1) is 0 Å². The minimum Gasteiger partial charge on any atom is -0.465 e. The summed E-state index contributed by atoms with van der Waals surface area (Å²) in [6.45, 7) is 9.79. The molecule has 0 aromatic carbocycles. The third-order valence-corrected chi connectivity index (χ3v) is 4.29. The van der Waals surface area contributed by atoms with E-state index in [1.54, 1.807) is 0 Å². The molecule has 1 N–H and O–H groups in total. The van der Waals surface area contributed by atoms with E-state index in [4.69, 9.17) is 4.74 Å². The Morgan fingerprint density at radius 2 is 2.10 bits per heavy atom. The van der Waals surface area contributed by atoms with Gasteiger partial charge in [0, 0.05) is 12.6 Å². The average molecular weight is 298 g/mol. The zero-order chi connectivity index (χ0) is 15.5. The molecule has 0 bridgehead atoms. The van der Waals surface area contributed by atoms with Crippen LogP contribution in [0.25, 0.3) is 0 Å². The van der Waals surface area contributed by atoms with Crippen LogP contribution in [0.3, 0.4) is 0 Å². The Balaban J connectivity index is 2.46. The minimum absolute atomic E-state index is 0.0880. The number of ether oxygens (including phenoxy) is 1. The number of piperidine rings is 1. The maximum atomic E-state index is 12.0. The van der Waals surface area contributed by atoms with Crippen LogP contribution in [0.5, 0.6) is 0 Å². The zero-order valence-electron chi connectivity index (χ0n) is 14.2. The Labute approximate surface area is 130 Å². The van der Waals surface area contributed by atoms with Gasteiger partial charge in [0.15, 0.2) is 0 Å². The normalized spacial score (nSPS) is 21.2. The molecule has 4 nitrogen and oxygen atoms in total. The molecule has 1 heterocycles. The molecule has 0 aromatic heterocycles. The second kappa shape index (κ2) is 11.0. The van der Waals surface area contributed by atoms with E-state index in [9.17, 15) is 4.79 Å². The van der Waals surface area contributed by atoms with Gasteiger partial charge in [-0.25, -0.2) is 0 Å². The molecule has 0 radical (unpaired) electrons. The minimum atomic E-state index is -0.144. The van der Waals surface area contributed by atoms with E-state index in [-0.39, 0.29) is 12.0 Å². The summed E-state index contributed by atoms with van der Waals surface area (Å²) >= 11 is 0. The molecule has 1 aliphatic heterocycles. The third-order valence-electron chi connectivity index (χ3n) is 4.29. The SMILES string of the molecule is CCCNC(CCN1CCCCC1CCC)C(=O)OCC. The van der Waals surface area contributed by atoms with Gasteiger partial charge in [-0.3, -0.25) is 4.79 Å². The summed E-state index contributed by atoms with van der Waals surface area (Å²) in [5.74, 6) is -0.0880. The summed E-state index contributed by atoms with van der Waals surface area (Å²) in [7, 11) is 0. The van der Waals surface area contributed by atoms with E-state index < -0.39 is 0 Å². The maximum absolute atomic E-state index is 12.0. The summed E-state index contributed by atoms with van der Waals surface area (Å²) in [5, 5.41) is 3.34. The van der Waals surface area contributed by atoms with Crippen LogP contribution in [0.4, 0.5) is 0 Å². The first kappa shape index (κ1) is 18.4. The number of hydrogen-bond donors (Lipinski definition) is 1. The molecule has 0 saturated carbocycles. The molecule has 21 heavy (non-hydrogen) atoms. The van der Waals surface area contributed by atoms with Gasteiger partial charge in [0.2, 0.25) is 0 Å². The molecular weight excluding hydrogens is 264 g/mol. The molecule has 0 spiro atoms. The molecule has 124 valence electrons. The van der Waals surface area contributed by atoms with Crippen molar-refractivity contribution in [3.05, 3.63) is 0 Å². The highest BCUT2D eigenvalue weighted by Gasteiger charge is 2.24. The monoisotopic (exact) mass is 298 g/mol. The first-order valence-electron chi connectivity index (χ1n) is 8.86. The van der Waals surface area contributed by atoms with Gasteiger partial charge in [-0.1, -0.05) is 26.7 Å². The number of esters is 1. The smallest absolute Gasteiger partial charge is 0.323 e. The molecule has 0 aromatic rings. The van der Waals surface area contributed by atoms with Crippen molar-refractivity contribution in [1.82, 2.24) is 10.2 Å². The second-order valence-corrected chi connectivity index (χ2v) is 6.02. The van der Waals surface area contributed by atoms with Gasteiger partial charge >= 0.3 is 5.97 Å². The van der Waals surface area contributed by atoms with E-state index in [2.05, 4.69) is 24.1 Å². The highest BCUT2D eigenvalue weighted by molar-refractivity contribution is 5.75. The molecule has 1 aliphatic rings. The van der Waals surface area contributed by atoms with Crippen molar-refractivity contribution in [3.8, 4) is 0 Å². The number of carbonyl (C=O) groups excluding carboxylic acids is 1. The van der Waals surface area contributed by atoms with E-state index >= 15 is 0 Å². The molecule has 2 atom stereocenters. The lowest BCUT2D eigenvalue weighted by molar-refractivity contribution is -0.146. The van der Waals surface area contributed by atoms with Crippen molar-refractivity contribution in [1.29, 1.82) is 0 Å². The molecule has 4 heteroatoms. The molecule has 0 amide bonds. The average Bonchev–Trinajstić information content (AvgIpc) is 2.49. The van der Waals surface area contributed by atoms with E-state index in [1.165, 1.54) is 38.6 Å². The number of likely N-dealkylation sites (tertiary alicyclic amines) is 1. The molecule has 1 rings (SSSR count). The quantitative estimate of drug-likeness (QED) is 0.630. The highest BCUT2D eigenvalue weighted by Crippen LogP contribution is 2.21. The summed E-state index contributed by atoms with van der Waals surface area (Å²) in [6.07, 6.45) is 8.41. The fraction of sp³-hybridized carbons (Fsp3) is 0.941. The topological polar surface area (TPSA) is 41.6 Å². The first-order chi connectivity index (χ1) is 10.2. The lowest BCUT2D eigenvalue weighted by Crippen LogP contribution is -2.45. The van der Waals surface area contributed by atoms with Crippen LogP contribution in [0.15, 0.2) is 0 Å². The lowest BCUT2D eigenvalue weighted by atomic mass is 9.97. The van der Waals surface area contributed by atoms with Gasteiger partial charge < -0.3 is 15.0 Å². The van der Waals surface area contributed by atoms with Crippen LogP contribution in [0, 0.1) is 0 Å². The molecule has 1 fully saturated rings. The van der Waals surface area contributed by atoms with Crippen molar-refractivity contribution in [3.63, 3.8) is 0 Å². The molecule has 1 saturated heterocycles. The standard InChI is InChI=1S/C17H34N2O2/c1-4-9-15-10-7-8-13-19(15)14-11-16(18-12-5-2)17(20)21-6-3/h15-16,18H,4-14H2,1-3H3. The van der Waals surface area contributed by atoms with Crippen molar-refractivity contribution < 1.29 is 9.53 Å². The van der Waals surface area contributed by atoms with E-state index in [1.807, 2.05) is 6.92 Å². The first-order valence-corrected chi connectivity index (χ1v) is 8.86. The van der Waals surface area contributed by atoms with E-state index in [0.29, 0.717) is 6.61 Å². The predicted octanol–water partition coefficient (Wildman–Crippen LogP) is 2.96. The van der Waals surface area contributed by atoms with Gasteiger partial charge in [-0.05, 0) is 52.1 Å². The van der Waals surface area contributed by atoms with Crippen LogP contribution in [-0.4, -0.2) is 49.2 Å². The third kappa shape index (κ3) is 6.79. The van der Waals surface area contributed by atoms with Gasteiger partial charge in [0.25, 0.3) is 0 Å². The fourth-order valence-electron chi connectivity index (χ4n) is 3.17. The lowest BCUT2D eigenvalue weighted by Gasteiger charge is -2.36. The molecule has 2 unspecified atom stereocenters. The van der Waals surface area contributed by atoms with Crippen molar-refractivity contribution in [2.24, 2.45) is 0 Å². The van der Waals surface area contributed by atoms with Crippen LogP contribution in [0.2, 0.25) is 0 Å². The van der Waals surface area contributed by atoms with E-state index in [0.717, 1.165) is 32.0 Å². The Morgan fingerprint density at radius 3 is 2.76 bits per heavy atom. The number of nitrogens with zero attached hydrogens (tertiary/aromatic N) is 1. The molecular formula is C17H34N2O2. The highest BCUT2D eigenvalue weighted by atomic mass is 16.5. The van der Waals surface area contributed by atoms with Crippen LogP contribution < -0.4 is 5.32 Å². The van der Waals surface area contributed by atoms with Crippen LogP contribution in [-0.2, 0) is 9.53 Å². The van der Waals surface area contributed by atoms with Crippen LogP contribution >= 0.6 is 0 Å². The number of nitrogens with one attached hydrogen (secondary N) is 1. The Morgan fingerprint density at radius 1 is 1.29 bits per heavy atom. The zero-order valence-corrected chi connectivity index (χ0v) is 14.2. The van der Waals surface area contributed by atoms with Crippen molar-refractivity contribution in [2.75, 3.05) is 26.2 Å². The Hall–Kier alpha value is -0.610. The summed E-state index contributed by atoms with van der Waals surface area (Å²) in [6, 6.07) is 0.576. The summed E-state index contributed by atoms with van der Waals surface area (Å²) in [4.78, 5) is 14.6. The Bertz CT molecular complexity index is 282. The van der Waals surface area contributed by atoms with Gasteiger partial charge in [-0.2, -0.15) is 0 Å². The summed E-state index contributed by atoms with van der Waals surface area (Å²) in [5.41, 5.74) is 0. The molecule has 0 aliphatic carbocycles. The summed E-state index contributed by atoms with van der Waals surface area (Å²) < 4.78 is 5.20. The van der Waals surface area contributed by atoms with Crippen molar-refractivity contribution >= 4 is 5.97 Å². The largest absolute Gasteiger partial charge is 0.465 e. The van der Waals surface area contributed by atoms with Gasteiger partial charge in [0.1, 0.15) is 6.04 Å².